The van der Waals surface area contributed by atoms with Crippen LogP contribution in [0.4, 0.5) is 15.8 Å². The van der Waals surface area contributed by atoms with E-state index in [1.54, 1.807) is 34.9 Å². The maximum absolute atomic E-state index is 14.1. The van der Waals surface area contributed by atoms with Crippen LogP contribution in [0, 0.1) is 17.7 Å². The largest absolute Gasteiger partial charge is 0.351 e. The van der Waals surface area contributed by atoms with Crippen molar-refractivity contribution in [3.63, 3.8) is 0 Å². The van der Waals surface area contributed by atoms with Gasteiger partial charge in [0.15, 0.2) is 0 Å². The predicted molar refractivity (Wildman–Crippen MR) is 169 cm³/mol. The number of fused-ring (bicyclic) bond motifs is 2. The van der Waals surface area contributed by atoms with E-state index in [4.69, 9.17) is 16.6 Å². The Kier molecular flexibility index (Phi) is 8.93. The maximum Gasteiger partial charge on any atom is 0.251 e. The smallest absolute Gasteiger partial charge is 0.251 e. The first kappa shape index (κ1) is 28.9. The van der Waals surface area contributed by atoms with Crippen molar-refractivity contribution in [2.45, 2.75) is 25.8 Å². The Bertz CT molecular complexity index is 1490. The van der Waals surface area contributed by atoms with Crippen LogP contribution in [0.2, 0.25) is 5.02 Å². The summed E-state index contributed by atoms with van der Waals surface area (Å²) in [5.41, 5.74) is 4.37. The molecular weight excluding hydrogens is 571 g/mol. The van der Waals surface area contributed by atoms with Crippen molar-refractivity contribution in [2.75, 3.05) is 42.6 Å². The van der Waals surface area contributed by atoms with E-state index >= 15 is 0 Å². The molecule has 3 heterocycles. The minimum Gasteiger partial charge on any atom is -0.351 e. The summed E-state index contributed by atoms with van der Waals surface area (Å²) in [6, 6.07) is 20.1. The van der Waals surface area contributed by atoms with E-state index in [2.05, 4.69) is 40.5 Å². The van der Waals surface area contributed by atoms with Crippen molar-refractivity contribution >= 4 is 52.3 Å². The zero-order chi connectivity index (χ0) is 29.1. The van der Waals surface area contributed by atoms with E-state index in [0.717, 1.165) is 44.6 Å². The molecule has 1 atom stereocenters. The van der Waals surface area contributed by atoms with Crippen LogP contribution in [0.25, 0.3) is 0 Å². The zero-order valence-corrected chi connectivity index (χ0v) is 25.0. The van der Waals surface area contributed by atoms with Crippen LogP contribution in [0.3, 0.4) is 0 Å². The van der Waals surface area contributed by atoms with E-state index in [-0.39, 0.29) is 24.3 Å². The maximum atomic E-state index is 14.1. The molecule has 0 aliphatic carbocycles. The Labute approximate surface area is 255 Å². The van der Waals surface area contributed by atoms with Crippen molar-refractivity contribution < 1.29 is 14.0 Å². The summed E-state index contributed by atoms with van der Waals surface area (Å²) in [6.07, 6.45) is 3.45. The van der Waals surface area contributed by atoms with E-state index in [0.29, 0.717) is 51.5 Å². The molecule has 2 fully saturated rings. The zero-order valence-electron chi connectivity index (χ0n) is 23.4. The van der Waals surface area contributed by atoms with Crippen molar-refractivity contribution in [3.05, 3.63) is 94.3 Å². The molecule has 218 valence electrons. The lowest BCUT2D eigenvalue weighted by Crippen LogP contribution is -2.40. The number of piperidine rings is 1. The Balaban J connectivity index is 1.11. The molecule has 0 saturated carbocycles. The SMILES string of the molecule is O=C(NCCN1CCC(Cc2ccccc2)CC1)c1ccc2c(c1)N(Cc1cc(F)ccc1Cl)C(=O)C1CSCC1=N2. The highest BCUT2D eigenvalue weighted by Gasteiger charge is 2.37. The number of benzene rings is 3. The molecule has 3 aromatic carbocycles. The number of halogens is 2. The van der Waals surface area contributed by atoms with Gasteiger partial charge in [-0.25, -0.2) is 4.39 Å². The van der Waals surface area contributed by atoms with Gasteiger partial charge in [0.1, 0.15) is 5.82 Å². The minimum atomic E-state index is -0.418. The second-order valence-corrected chi connectivity index (χ2v) is 12.7. The van der Waals surface area contributed by atoms with Gasteiger partial charge in [-0.05, 0) is 85.8 Å². The Morgan fingerprint density at radius 1 is 1.07 bits per heavy atom. The first-order chi connectivity index (χ1) is 20.4. The average molecular weight is 605 g/mol. The Morgan fingerprint density at radius 3 is 2.69 bits per heavy atom. The summed E-state index contributed by atoms with van der Waals surface area (Å²) in [6.45, 7) is 3.50. The molecule has 6 nitrogen and oxygen atoms in total. The van der Waals surface area contributed by atoms with Crippen molar-refractivity contribution in [3.8, 4) is 0 Å². The first-order valence-electron chi connectivity index (χ1n) is 14.5. The summed E-state index contributed by atoms with van der Waals surface area (Å²) in [5.74, 6) is 0.980. The van der Waals surface area contributed by atoms with Crippen LogP contribution < -0.4 is 10.2 Å². The normalized spacial score (nSPS) is 19.2. The first-order valence-corrected chi connectivity index (χ1v) is 16.1. The molecule has 0 spiro atoms. The molecule has 0 aromatic heterocycles. The standard InChI is InChI=1S/C33H34ClFN4O2S/c34-28-8-7-26(35)17-25(28)19-39-31-18-24(6-9-29(31)37-30-21-42-20-27(30)33(39)41)32(40)36-12-15-38-13-10-23(11-14-38)16-22-4-2-1-3-5-22/h1-9,17-18,23,27H,10-16,19-21H2,(H,36,40). The number of nitrogens with zero attached hydrogens (tertiary/aromatic N) is 3. The van der Waals surface area contributed by atoms with Crippen molar-refractivity contribution in [1.82, 2.24) is 10.2 Å². The average Bonchev–Trinajstić information content (AvgIpc) is 3.43. The minimum absolute atomic E-state index is 0.0949. The van der Waals surface area contributed by atoms with Crippen molar-refractivity contribution in [2.24, 2.45) is 16.8 Å². The molecule has 0 radical (unpaired) electrons. The number of nitrogens with one attached hydrogen (secondary N) is 1. The quantitative estimate of drug-likeness (QED) is 0.335. The van der Waals surface area contributed by atoms with Crippen LogP contribution in [-0.4, -0.2) is 60.1 Å². The van der Waals surface area contributed by atoms with E-state index in [1.165, 1.54) is 23.8 Å². The third kappa shape index (κ3) is 6.56. The fourth-order valence-electron chi connectivity index (χ4n) is 6.03. The molecule has 1 unspecified atom stereocenters. The summed E-state index contributed by atoms with van der Waals surface area (Å²) in [4.78, 5) is 35.8. The van der Waals surface area contributed by atoms with E-state index in [9.17, 15) is 14.0 Å². The molecule has 9 heteroatoms. The van der Waals surface area contributed by atoms with Gasteiger partial charge in [-0.1, -0.05) is 41.9 Å². The van der Waals surface area contributed by atoms with Gasteiger partial charge in [0, 0.05) is 40.9 Å². The number of carbonyl (C=O) groups is 2. The third-order valence-corrected chi connectivity index (χ3v) is 9.86. The van der Waals surface area contributed by atoms with Crippen LogP contribution in [0.15, 0.2) is 71.7 Å². The molecular formula is C33H34ClFN4O2S. The lowest BCUT2D eigenvalue weighted by molar-refractivity contribution is -0.120. The number of rotatable bonds is 8. The van der Waals surface area contributed by atoms with Gasteiger partial charge >= 0.3 is 0 Å². The summed E-state index contributed by atoms with van der Waals surface area (Å²) in [5, 5.41) is 3.44. The molecule has 2 saturated heterocycles. The highest BCUT2D eigenvalue weighted by molar-refractivity contribution is 8.00. The van der Waals surface area contributed by atoms with Gasteiger partial charge in [-0.15, -0.1) is 0 Å². The number of aliphatic imine (C=N–C) groups is 1. The van der Waals surface area contributed by atoms with E-state index < -0.39 is 5.82 Å². The molecule has 6 rings (SSSR count). The fraction of sp³-hybridized carbons (Fsp3) is 0.364. The third-order valence-electron chi connectivity index (χ3n) is 8.42. The molecule has 3 aliphatic heterocycles. The fourth-order valence-corrected chi connectivity index (χ4v) is 7.37. The second-order valence-electron chi connectivity index (χ2n) is 11.3. The van der Waals surface area contributed by atoms with Crippen LogP contribution in [0.1, 0.15) is 34.3 Å². The summed E-state index contributed by atoms with van der Waals surface area (Å²) < 4.78 is 14.1. The van der Waals surface area contributed by atoms with Gasteiger partial charge in [0.25, 0.3) is 5.91 Å². The number of amides is 2. The molecule has 42 heavy (non-hydrogen) atoms. The molecule has 2 amide bonds. The Hall–Kier alpha value is -3.20. The molecule has 1 N–H and O–H groups in total. The number of hydrogen-bond donors (Lipinski definition) is 1. The lowest BCUT2D eigenvalue weighted by Gasteiger charge is -2.32. The van der Waals surface area contributed by atoms with Crippen LogP contribution >= 0.6 is 23.4 Å². The van der Waals surface area contributed by atoms with Gasteiger partial charge in [-0.3, -0.25) is 14.6 Å². The molecule has 3 aliphatic rings. The lowest BCUT2D eigenvalue weighted by atomic mass is 9.90. The predicted octanol–water partition coefficient (Wildman–Crippen LogP) is 6.15. The summed E-state index contributed by atoms with van der Waals surface area (Å²) in [7, 11) is 0. The monoisotopic (exact) mass is 604 g/mol. The molecule has 3 aromatic rings. The van der Waals surface area contributed by atoms with Gasteiger partial charge < -0.3 is 15.1 Å². The van der Waals surface area contributed by atoms with Gasteiger partial charge in [0.05, 0.1) is 23.8 Å². The number of thioether (sulfide) groups is 1. The number of hydrogen-bond acceptors (Lipinski definition) is 5. The Morgan fingerprint density at radius 2 is 1.88 bits per heavy atom. The highest BCUT2D eigenvalue weighted by Crippen LogP contribution is 2.39. The highest BCUT2D eigenvalue weighted by atomic mass is 35.5. The van der Waals surface area contributed by atoms with Crippen LogP contribution in [0.5, 0.6) is 0 Å². The summed E-state index contributed by atoms with van der Waals surface area (Å²) >= 11 is 8.06. The van der Waals surface area contributed by atoms with Gasteiger partial charge in [-0.2, -0.15) is 11.8 Å². The number of carbonyl (C=O) groups excluding carboxylic acids is 2. The van der Waals surface area contributed by atoms with Crippen LogP contribution in [-0.2, 0) is 17.8 Å². The number of anilines is 1. The van der Waals surface area contributed by atoms with E-state index in [1.807, 2.05) is 0 Å². The second kappa shape index (κ2) is 13.0. The van der Waals surface area contributed by atoms with Crippen molar-refractivity contribution in [1.29, 1.82) is 0 Å². The van der Waals surface area contributed by atoms with Gasteiger partial charge in [0.2, 0.25) is 5.91 Å². The molecule has 0 bridgehead atoms. The number of likely N-dealkylation sites (tertiary alicyclic amines) is 1. The topological polar surface area (TPSA) is 65.0 Å².